The average Bonchev–Trinajstić information content (AvgIpc) is 2.34. The second kappa shape index (κ2) is 4.66. The number of carboxylic acids is 1. The maximum Gasteiger partial charge on any atom is 0.471 e. The van der Waals surface area contributed by atoms with Crippen LogP contribution in [0.25, 0.3) is 0 Å². The summed E-state index contributed by atoms with van der Waals surface area (Å²) >= 11 is 0. The van der Waals surface area contributed by atoms with Gasteiger partial charge >= 0.3 is 18.1 Å². The molecule has 1 aromatic rings. The Bertz CT molecular complexity index is 572. The highest BCUT2D eigenvalue weighted by atomic mass is 19.4. The lowest BCUT2D eigenvalue weighted by atomic mass is 10.1. The van der Waals surface area contributed by atoms with E-state index in [4.69, 9.17) is 9.84 Å². The SMILES string of the molecule is O=C(O)C1CN(C(=O)C(F)(F)F)c2ccc(F)cc2O1. The predicted octanol–water partition coefficient (Wildman–Crippen LogP) is 1.57. The zero-order valence-electron chi connectivity index (χ0n) is 9.65. The topological polar surface area (TPSA) is 66.8 Å². The fourth-order valence-electron chi connectivity index (χ4n) is 1.73. The Morgan fingerprint density at radius 3 is 2.55 bits per heavy atom. The molecule has 1 unspecified atom stereocenters. The number of rotatable bonds is 1. The lowest BCUT2D eigenvalue weighted by molar-refractivity contribution is -0.171. The first-order chi connectivity index (χ1) is 9.20. The Morgan fingerprint density at radius 2 is 2.00 bits per heavy atom. The molecule has 20 heavy (non-hydrogen) atoms. The molecule has 108 valence electrons. The van der Waals surface area contributed by atoms with Crippen LogP contribution in [0, 0.1) is 5.82 Å². The maximum absolute atomic E-state index is 13.0. The van der Waals surface area contributed by atoms with E-state index in [1.807, 2.05) is 0 Å². The minimum absolute atomic E-state index is 0.219. The van der Waals surface area contributed by atoms with Gasteiger partial charge in [-0.15, -0.1) is 0 Å². The van der Waals surface area contributed by atoms with E-state index >= 15 is 0 Å². The molecule has 1 aromatic carbocycles. The lowest BCUT2D eigenvalue weighted by Crippen LogP contribution is -2.51. The molecule has 0 bridgehead atoms. The Labute approximate surface area is 109 Å². The molecule has 2 rings (SSSR count). The average molecular weight is 293 g/mol. The number of halogens is 4. The molecule has 0 saturated carbocycles. The Kier molecular flexibility index (Phi) is 3.28. The second-order valence-corrected chi connectivity index (χ2v) is 3.97. The first-order valence-electron chi connectivity index (χ1n) is 5.28. The summed E-state index contributed by atoms with van der Waals surface area (Å²) in [7, 11) is 0. The number of carbonyl (C=O) groups is 2. The molecule has 0 spiro atoms. The second-order valence-electron chi connectivity index (χ2n) is 3.97. The van der Waals surface area contributed by atoms with Crippen molar-refractivity contribution in [3.63, 3.8) is 0 Å². The van der Waals surface area contributed by atoms with Crippen LogP contribution in [0.1, 0.15) is 0 Å². The summed E-state index contributed by atoms with van der Waals surface area (Å²) in [5.74, 6) is -5.05. The first-order valence-corrected chi connectivity index (χ1v) is 5.28. The van der Waals surface area contributed by atoms with Gasteiger partial charge in [-0.2, -0.15) is 13.2 Å². The molecule has 1 aliphatic rings. The van der Waals surface area contributed by atoms with Crippen LogP contribution in [0.4, 0.5) is 23.2 Å². The predicted molar refractivity (Wildman–Crippen MR) is 56.9 cm³/mol. The van der Waals surface area contributed by atoms with Crippen LogP contribution in [-0.4, -0.2) is 35.8 Å². The summed E-state index contributed by atoms with van der Waals surface area (Å²) in [6.45, 7) is -0.813. The smallest absolute Gasteiger partial charge is 0.471 e. The van der Waals surface area contributed by atoms with E-state index in [0.717, 1.165) is 18.2 Å². The molecule has 1 N–H and O–H groups in total. The summed E-state index contributed by atoms with van der Waals surface area (Å²) in [4.78, 5) is 22.3. The minimum atomic E-state index is -5.17. The molecule has 1 heterocycles. The molecule has 0 aliphatic carbocycles. The van der Waals surface area contributed by atoms with Gasteiger partial charge in [0, 0.05) is 6.07 Å². The molecule has 0 fully saturated rings. The van der Waals surface area contributed by atoms with Gasteiger partial charge in [-0.3, -0.25) is 9.69 Å². The highest BCUT2D eigenvalue weighted by Gasteiger charge is 2.46. The molecule has 0 radical (unpaired) electrons. The largest absolute Gasteiger partial charge is 0.478 e. The van der Waals surface area contributed by atoms with Crippen molar-refractivity contribution in [2.75, 3.05) is 11.4 Å². The van der Waals surface area contributed by atoms with Gasteiger partial charge in [-0.1, -0.05) is 0 Å². The third-order valence-electron chi connectivity index (χ3n) is 2.59. The van der Waals surface area contributed by atoms with Gasteiger partial charge in [0.05, 0.1) is 12.2 Å². The molecule has 0 saturated heterocycles. The number of ether oxygens (including phenoxy) is 1. The zero-order chi connectivity index (χ0) is 15.1. The molecule has 1 aliphatic heterocycles. The molecular weight excluding hydrogens is 286 g/mol. The van der Waals surface area contributed by atoms with Gasteiger partial charge in [0.1, 0.15) is 11.6 Å². The zero-order valence-corrected chi connectivity index (χ0v) is 9.65. The molecule has 1 atom stereocenters. The fourth-order valence-corrected chi connectivity index (χ4v) is 1.73. The van der Waals surface area contributed by atoms with Crippen molar-refractivity contribution < 1.29 is 37.0 Å². The number of alkyl halides is 3. The van der Waals surface area contributed by atoms with Crippen LogP contribution in [0.5, 0.6) is 5.75 Å². The normalized spacial score (nSPS) is 18.2. The van der Waals surface area contributed by atoms with Crippen LogP contribution < -0.4 is 9.64 Å². The third-order valence-corrected chi connectivity index (χ3v) is 2.59. The number of fused-ring (bicyclic) bond motifs is 1. The molecular formula is C11H7F4NO4. The Morgan fingerprint density at radius 1 is 1.35 bits per heavy atom. The van der Waals surface area contributed by atoms with Crippen LogP contribution in [-0.2, 0) is 9.59 Å². The van der Waals surface area contributed by atoms with Gasteiger partial charge in [-0.05, 0) is 12.1 Å². The fraction of sp³-hybridized carbons (Fsp3) is 0.273. The number of benzene rings is 1. The van der Waals surface area contributed by atoms with Crippen molar-refractivity contribution in [2.24, 2.45) is 0 Å². The number of hydrogen-bond acceptors (Lipinski definition) is 3. The molecule has 1 amide bonds. The van der Waals surface area contributed by atoms with Gasteiger partial charge in [-0.25, -0.2) is 9.18 Å². The van der Waals surface area contributed by atoms with Crippen LogP contribution >= 0.6 is 0 Å². The summed E-state index contributed by atoms with van der Waals surface area (Å²) in [6, 6.07) is 2.49. The van der Waals surface area contributed by atoms with E-state index in [0.29, 0.717) is 0 Å². The number of carbonyl (C=O) groups excluding carboxylic acids is 1. The van der Waals surface area contributed by atoms with Crippen molar-refractivity contribution in [3.8, 4) is 5.75 Å². The number of nitrogens with zero attached hydrogens (tertiary/aromatic N) is 1. The van der Waals surface area contributed by atoms with Crippen LogP contribution in [0.2, 0.25) is 0 Å². The Hall–Kier alpha value is -2.32. The van der Waals surface area contributed by atoms with E-state index < -0.39 is 42.3 Å². The molecule has 5 nitrogen and oxygen atoms in total. The minimum Gasteiger partial charge on any atom is -0.478 e. The number of anilines is 1. The summed E-state index contributed by atoms with van der Waals surface area (Å²) in [5, 5.41) is 8.80. The van der Waals surface area contributed by atoms with Crippen LogP contribution in [0.3, 0.4) is 0 Å². The monoisotopic (exact) mass is 293 g/mol. The Balaban J connectivity index is 2.47. The van der Waals surface area contributed by atoms with Crippen molar-refractivity contribution in [1.82, 2.24) is 0 Å². The van der Waals surface area contributed by atoms with Gasteiger partial charge in [0.2, 0.25) is 6.10 Å². The van der Waals surface area contributed by atoms with Gasteiger partial charge in [0.15, 0.2) is 0 Å². The quantitative estimate of drug-likeness (QED) is 0.798. The first kappa shape index (κ1) is 14.1. The maximum atomic E-state index is 13.0. The van der Waals surface area contributed by atoms with Gasteiger partial charge in [0.25, 0.3) is 0 Å². The lowest BCUT2D eigenvalue weighted by Gasteiger charge is -2.33. The van der Waals surface area contributed by atoms with E-state index in [1.54, 1.807) is 0 Å². The van der Waals surface area contributed by atoms with E-state index in [9.17, 15) is 27.2 Å². The van der Waals surface area contributed by atoms with Crippen molar-refractivity contribution in [3.05, 3.63) is 24.0 Å². The van der Waals surface area contributed by atoms with Crippen molar-refractivity contribution >= 4 is 17.6 Å². The summed E-state index contributed by atoms with van der Waals surface area (Å²) in [6.07, 6.45) is -6.87. The number of aliphatic carboxylic acids is 1. The van der Waals surface area contributed by atoms with E-state index in [1.165, 1.54) is 0 Å². The van der Waals surface area contributed by atoms with Crippen molar-refractivity contribution in [1.29, 1.82) is 0 Å². The highest BCUT2D eigenvalue weighted by molar-refractivity contribution is 6.00. The van der Waals surface area contributed by atoms with E-state index in [2.05, 4.69) is 0 Å². The number of amides is 1. The molecule has 0 aromatic heterocycles. The van der Waals surface area contributed by atoms with Crippen LogP contribution in [0.15, 0.2) is 18.2 Å². The summed E-state index contributed by atoms with van der Waals surface area (Å²) < 4.78 is 55.3. The number of hydrogen-bond donors (Lipinski definition) is 1. The van der Waals surface area contributed by atoms with Crippen molar-refractivity contribution in [2.45, 2.75) is 12.3 Å². The van der Waals surface area contributed by atoms with E-state index in [-0.39, 0.29) is 10.6 Å². The number of carboxylic acid groups (broad SMARTS) is 1. The van der Waals surface area contributed by atoms with Gasteiger partial charge < -0.3 is 9.84 Å². The third kappa shape index (κ3) is 2.51. The summed E-state index contributed by atoms with van der Waals surface area (Å²) in [5.41, 5.74) is -0.328. The molecule has 9 heteroatoms. The standard InChI is InChI=1S/C11H7F4NO4/c12-5-1-2-6-7(3-5)20-8(9(17)18)4-16(6)10(19)11(13,14)15/h1-3,8H,4H2,(H,17,18). The highest BCUT2D eigenvalue weighted by Crippen LogP contribution is 2.36.